The van der Waals surface area contributed by atoms with Crippen LogP contribution in [0.15, 0.2) is 10.6 Å². The Hall–Kier alpha value is -2.05. The first kappa shape index (κ1) is 12.4. The number of urea groups is 1. The van der Waals surface area contributed by atoms with Gasteiger partial charge >= 0.3 is 12.0 Å². The minimum absolute atomic E-state index is 0.0563. The maximum absolute atomic E-state index is 11.5. The van der Waals surface area contributed by atoms with Gasteiger partial charge in [0.05, 0.1) is 12.2 Å². The van der Waals surface area contributed by atoms with Crippen LogP contribution in [-0.4, -0.2) is 28.3 Å². The zero-order valence-electron chi connectivity index (χ0n) is 9.97. The number of nitrogens with one attached hydrogen (secondary N) is 2. The molecule has 0 aliphatic heterocycles. The third-order valence-corrected chi connectivity index (χ3v) is 2.75. The molecular formula is C11H15N3O4. The Morgan fingerprint density at radius 3 is 2.83 bits per heavy atom. The van der Waals surface area contributed by atoms with Crippen LogP contribution in [0.4, 0.5) is 4.79 Å². The fraction of sp³-hybridized carbons (Fsp3) is 0.545. The van der Waals surface area contributed by atoms with Gasteiger partial charge in [-0.15, -0.1) is 0 Å². The van der Waals surface area contributed by atoms with E-state index >= 15 is 0 Å². The van der Waals surface area contributed by atoms with Crippen molar-refractivity contribution in [2.45, 2.75) is 32.4 Å². The van der Waals surface area contributed by atoms with E-state index in [-0.39, 0.29) is 12.5 Å². The molecule has 7 heteroatoms. The summed E-state index contributed by atoms with van der Waals surface area (Å²) in [5.41, 5.74) is 0.730. The molecule has 1 aliphatic rings. The van der Waals surface area contributed by atoms with E-state index in [1.807, 2.05) is 0 Å². The van der Waals surface area contributed by atoms with Crippen LogP contribution in [0.1, 0.15) is 24.3 Å². The van der Waals surface area contributed by atoms with Crippen molar-refractivity contribution in [1.29, 1.82) is 0 Å². The monoisotopic (exact) mass is 253 g/mol. The zero-order chi connectivity index (χ0) is 13.1. The van der Waals surface area contributed by atoms with Crippen LogP contribution in [-0.2, 0) is 11.3 Å². The molecule has 0 aromatic carbocycles. The van der Waals surface area contributed by atoms with E-state index < -0.39 is 18.0 Å². The van der Waals surface area contributed by atoms with Gasteiger partial charge < -0.3 is 20.3 Å². The van der Waals surface area contributed by atoms with E-state index in [4.69, 9.17) is 9.63 Å². The molecule has 18 heavy (non-hydrogen) atoms. The number of amides is 2. The number of carboxylic acids is 1. The summed E-state index contributed by atoms with van der Waals surface area (Å²) in [5, 5.41) is 17.6. The van der Waals surface area contributed by atoms with E-state index in [2.05, 4.69) is 15.8 Å². The topological polar surface area (TPSA) is 104 Å². The number of aliphatic carboxylic acids is 1. The third kappa shape index (κ3) is 3.22. The summed E-state index contributed by atoms with van der Waals surface area (Å²) in [5.74, 6) is -0.412. The van der Waals surface area contributed by atoms with Gasteiger partial charge in [-0.3, -0.25) is 0 Å². The second-order valence-corrected chi connectivity index (χ2v) is 4.41. The summed E-state index contributed by atoms with van der Waals surface area (Å²) in [6.45, 7) is 1.96. The number of hydrogen-bond acceptors (Lipinski definition) is 4. The molecule has 1 fully saturated rings. The molecule has 1 unspecified atom stereocenters. The molecule has 1 saturated carbocycles. The van der Waals surface area contributed by atoms with Crippen molar-refractivity contribution in [3.63, 3.8) is 0 Å². The van der Waals surface area contributed by atoms with E-state index in [1.165, 1.54) is 0 Å². The smallest absolute Gasteiger partial charge is 0.326 e. The third-order valence-electron chi connectivity index (χ3n) is 2.75. The lowest BCUT2D eigenvalue weighted by molar-refractivity contribution is -0.139. The number of aryl methyl sites for hydroxylation is 1. The van der Waals surface area contributed by atoms with Crippen LogP contribution in [0, 0.1) is 12.8 Å². The van der Waals surface area contributed by atoms with E-state index in [0.29, 0.717) is 5.76 Å². The Morgan fingerprint density at radius 2 is 2.33 bits per heavy atom. The largest absolute Gasteiger partial charge is 0.480 e. The first-order valence-electron chi connectivity index (χ1n) is 5.75. The second kappa shape index (κ2) is 5.07. The summed E-state index contributed by atoms with van der Waals surface area (Å²) >= 11 is 0. The lowest BCUT2D eigenvalue weighted by Crippen LogP contribution is -2.46. The van der Waals surface area contributed by atoms with Crippen LogP contribution >= 0.6 is 0 Å². The molecular weight excluding hydrogens is 238 g/mol. The van der Waals surface area contributed by atoms with Crippen molar-refractivity contribution >= 4 is 12.0 Å². The van der Waals surface area contributed by atoms with Crippen LogP contribution in [0.2, 0.25) is 0 Å². The average Bonchev–Trinajstić information content (AvgIpc) is 3.06. The predicted molar refractivity (Wildman–Crippen MR) is 60.8 cm³/mol. The number of rotatable bonds is 5. The van der Waals surface area contributed by atoms with Gasteiger partial charge in [0, 0.05) is 6.07 Å². The molecule has 1 aromatic rings. The van der Waals surface area contributed by atoms with Crippen LogP contribution in [0.5, 0.6) is 0 Å². The number of nitrogens with zero attached hydrogens (tertiary/aromatic N) is 1. The van der Waals surface area contributed by atoms with Crippen molar-refractivity contribution in [2.24, 2.45) is 5.92 Å². The highest BCUT2D eigenvalue weighted by atomic mass is 16.5. The number of hydrogen-bond donors (Lipinski definition) is 3. The van der Waals surface area contributed by atoms with E-state index in [9.17, 15) is 9.59 Å². The molecule has 1 aromatic heterocycles. The maximum Gasteiger partial charge on any atom is 0.326 e. The Morgan fingerprint density at radius 1 is 1.61 bits per heavy atom. The minimum Gasteiger partial charge on any atom is -0.480 e. The first-order valence-corrected chi connectivity index (χ1v) is 5.75. The molecule has 98 valence electrons. The molecule has 2 amide bonds. The number of aromatic nitrogens is 1. The Bertz CT molecular complexity index is 453. The van der Waals surface area contributed by atoms with Gasteiger partial charge in [0.15, 0.2) is 5.76 Å². The maximum atomic E-state index is 11.5. The molecule has 1 aliphatic carbocycles. The van der Waals surface area contributed by atoms with Gasteiger partial charge in [-0.25, -0.2) is 9.59 Å². The standard InChI is InChI=1S/C11H15N3O4/c1-6-4-8(18-14-6)5-12-11(17)13-9(10(15)16)7-2-3-7/h4,7,9H,2-3,5H2,1H3,(H,15,16)(H2,12,13,17). The van der Waals surface area contributed by atoms with Gasteiger partial charge in [0.2, 0.25) is 0 Å². The van der Waals surface area contributed by atoms with Crippen molar-refractivity contribution in [3.05, 3.63) is 17.5 Å². The van der Waals surface area contributed by atoms with Gasteiger partial charge in [0.25, 0.3) is 0 Å². The average molecular weight is 253 g/mol. The molecule has 3 N–H and O–H groups in total. The molecule has 0 radical (unpaired) electrons. The number of carboxylic acid groups (broad SMARTS) is 1. The van der Waals surface area contributed by atoms with Crippen molar-refractivity contribution < 1.29 is 19.2 Å². The van der Waals surface area contributed by atoms with E-state index in [1.54, 1.807) is 13.0 Å². The van der Waals surface area contributed by atoms with Crippen molar-refractivity contribution in [2.75, 3.05) is 0 Å². The molecule has 0 bridgehead atoms. The molecule has 7 nitrogen and oxygen atoms in total. The lowest BCUT2D eigenvalue weighted by Gasteiger charge is -2.13. The molecule has 0 saturated heterocycles. The number of carbonyl (C=O) groups excluding carboxylic acids is 1. The highest BCUT2D eigenvalue weighted by Gasteiger charge is 2.37. The fourth-order valence-corrected chi connectivity index (χ4v) is 1.67. The van der Waals surface area contributed by atoms with Crippen LogP contribution in [0.3, 0.4) is 0 Å². The summed E-state index contributed by atoms with van der Waals surface area (Å²) in [6, 6.07) is 0.389. The molecule has 1 heterocycles. The molecule has 0 spiro atoms. The zero-order valence-corrected chi connectivity index (χ0v) is 9.97. The summed E-state index contributed by atoms with van der Waals surface area (Å²) in [7, 11) is 0. The Kier molecular flexibility index (Phi) is 3.50. The second-order valence-electron chi connectivity index (χ2n) is 4.41. The highest BCUT2D eigenvalue weighted by molar-refractivity contribution is 5.83. The predicted octanol–water partition coefficient (Wildman–Crippen LogP) is 0.645. The van der Waals surface area contributed by atoms with Gasteiger partial charge in [-0.05, 0) is 25.7 Å². The van der Waals surface area contributed by atoms with Gasteiger partial charge in [-0.1, -0.05) is 5.16 Å². The van der Waals surface area contributed by atoms with Gasteiger partial charge in [0.1, 0.15) is 6.04 Å². The lowest BCUT2D eigenvalue weighted by atomic mass is 10.2. The number of carbonyl (C=O) groups is 2. The van der Waals surface area contributed by atoms with E-state index in [0.717, 1.165) is 18.5 Å². The molecule has 1 atom stereocenters. The summed E-state index contributed by atoms with van der Waals surface area (Å²) < 4.78 is 4.92. The fourth-order valence-electron chi connectivity index (χ4n) is 1.67. The Labute approximate surface area is 104 Å². The highest BCUT2D eigenvalue weighted by Crippen LogP contribution is 2.32. The van der Waals surface area contributed by atoms with Gasteiger partial charge in [-0.2, -0.15) is 0 Å². The summed E-state index contributed by atoms with van der Waals surface area (Å²) in [4.78, 5) is 22.4. The van der Waals surface area contributed by atoms with Crippen molar-refractivity contribution in [1.82, 2.24) is 15.8 Å². The van der Waals surface area contributed by atoms with Crippen LogP contribution in [0.25, 0.3) is 0 Å². The molecule has 2 rings (SSSR count). The summed E-state index contributed by atoms with van der Waals surface area (Å²) in [6.07, 6.45) is 1.69. The normalized spacial score (nSPS) is 16.1. The minimum atomic E-state index is -0.997. The SMILES string of the molecule is Cc1cc(CNC(=O)NC(C(=O)O)C2CC2)on1. The Balaban J connectivity index is 1.79. The van der Waals surface area contributed by atoms with Crippen LogP contribution < -0.4 is 10.6 Å². The first-order chi connectivity index (χ1) is 8.56. The van der Waals surface area contributed by atoms with Crippen molar-refractivity contribution in [3.8, 4) is 0 Å². The quantitative estimate of drug-likeness (QED) is 0.714.